The summed E-state index contributed by atoms with van der Waals surface area (Å²) in [6.07, 6.45) is 6.58. The lowest BCUT2D eigenvalue weighted by Crippen LogP contribution is -3.22. The van der Waals surface area contributed by atoms with Crippen LogP contribution in [0.4, 0.5) is 4.39 Å². The number of halogens is 1. The zero-order valence-electron chi connectivity index (χ0n) is 16.3. The second-order valence-corrected chi connectivity index (χ2v) is 8.10. The van der Waals surface area contributed by atoms with E-state index in [0.29, 0.717) is 30.9 Å². The van der Waals surface area contributed by atoms with E-state index in [2.05, 4.69) is 10.6 Å². The predicted molar refractivity (Wildman–Crippen MR) is 105 cm³/mol. The monoisotopic (exact) mass is 400 g/mol. The third kappa shape index (κ3) is 4.85. The number of hydrogen-bond donors (Lipinski definition) is 3. The first-order valence-electron chi connectivity index (χ1n) is 10.3. The van der Waals surface area contributed by atoms with Crippen molar-refractivity contribution < 1.29 is 23.3 Å². The summed E-state index contributed by atoms with van der Waals surface area (Å²) in [5, 5.41) is 6.05. The molecule has 1 aromatic carbocycles. The van der Waals surface area contributed by atoms with E-state index < -0.39 is 0 Å². The van der Waals surface area contributed by atoms with Crippen LogP contribution in [0.25, 0.3) is 0 Å². The van der Waals surface area contributed by atoms with Gasteiger partial charge in [-0.05, 0) is 49.1 Å². The summed E-state index contributed by atoms with van der Waals surface area (Å²) in [6, 6.07) is 10.4. The van der Waals surface area contributed by atoms with Gasteiger partial charge in [-0.1, -0.05) is 12.1 Å². The summed E-state index contributed by atoms with van der Waals surface area (Å²) in [6.45, 7) is 0.846. The van der Waals surface area contributed by atoms with E-state index in [9.17, 15) is 14.0 Å². The maximum atomic E-state index is 13.0. The van der Waals surface area contributed by atoms with Crippen LogP contribution in [0.5, 0.6) is 0 Å². The standard InChI is InChI=1S/C22H26FN3O3/c23-16-8-6-15(7-9-16)13-24-21(27)14-26-18-3-1-4-19(26)12-17(11-18)25-22(28)20-5-2-10-29-20/h2,5-10,17-19H,1,3-4,11-14H2,(H,24,27)(H,25,28)/p+1/t18-,19-/m1/s1. The number of rotatable bonds is 6. The molecule has 2 amide bonds. The predicted octanol–water partition coefficient (Wildman–Crippen LogP) is 1.43. The van der Waals surface area contributed by atoms with Crippen molar-refractivity contribution in [3.05, 3.63) is 59.8 Å². The van der Waals surface area contributed by atoms with Gasteiger partial charge in [-0.3, -0.25) is 9.59 Å². The van der Waals surface area contributed by atoms with E-state index in [0.717, 1.165) is 31.2 Å². The number of piperidine rings is 2. The highest BCUT2D eigenvalue weighted by Crippen LogP contribution is 2.22. The van der Waals surface area contributed by atoms with E-state index >= 15 is 0 Å². The number of nitrogens with one attached hydrogen (secondary N) is 3. The first kappa shape index (κ1) is 19.6. The fourth-order valence-electron chi connectivity index (χ4n) is 4.76. The molecule has 4 rings (SSSR count). The van der Waals surface area contributed by atoms with Crippen molar-refractivity contribution in [3.63, 3.8) is 0 Å². The van der Waals surface area contributed by atoms with Crippen molar-refractivity contribution in [3.8, 4) is 0 Å². The number of amides is 2. The van der Waals surface area contributed by atoms with Crippen LogP contribution in [0.2, 0.25) is 0 Å². The second kappa shape index (κ2) is 8.78. The summed E-state index contributed by atoms with van der Waals surface area (Å²) >= 11 is 0. The van der Waals surface area contributed by atoms with Crippen molar-refractivity contribution in [2.24, 2.45) is 0 Å². The molecular formula is C22H27FN3O3+. The van der Waals surface area contributed by atoms with Gasteiger partial charge in [-0.25, -0.2) is 4.39 Å². The lowest BCUT2D eigenvalue weighted by atomic mass is 9.81. The summed E-state index contributed by atoms with van der Waals surface area (Å²) in [4.78, 5) is 26.1. The molecule has 0 radical (unpaired) electrons. The van der Waals surface area contributed by atoms with E-state index in [4.69, 9.17) is 4.42 Å². The largest absolute Gasteiger partial charge is 0.459 e. The zero-order chi connectivity index (χ0) is 20.2. The van der Waals surface area contributed by atoms with Gasteiger partial charge in [0, 0.05) is 25.4 Å². The van der Waals surface area contributed by atoms with Crippen LogP contribution in [0.1, 0.15) is 48.2 Å². The summed E-state index contributed by atoms with van der Waals surface area (Å²) in [5.41, 5.74) is 0.884. The summed E-state index contributed by atoms with van der Waals surface area (Å²) in [7, 11) is 0. The third-order valence-corrected chi connectivity index (χ3v) is 6.14. The van der Waals surface area contributed by atoms with Crippen LogP contribution in [0.3, 0.4) is 0 Å². The SMILES string of the molecule is O=C(C[NH+]1[C@@H]2CCC[C@@H]1CC(NC(=O)c1ccco1)C2)NCc1ccc(F)cc1. The van der Waals surface area contributed by atoms with E-state index in [1.54, 1.807) is 24.3 Å². The fourth-order valence-corrected chi connectivity index (χ4v) is 4.76. The topological polar surface area (TPSA) is 75.8 Å². The zero-order valence-corrected chi connectivity index (χ0v) is 16.3. The van der Waals surface area contributed by atoms with Gasteiger partial charge in [0.1, 0.15) is 5.82 Å². The normalized spacial score (nSPS) is 26.0. The van der Waals surface area contributed by atoms with E-state index in [1.165, 1.54) is 29.7 Å². The van der Waals surface area contributed by atoms with Gasteiger partial charge in [0.25, 0.3) is 11.8 Å². The van der Waals surface area contributed by atoms with Crippen molar-refractivity contribution in [1.82, 2.24) is 10.6 Å². The van der Waals surface area contributed by atoms with Crippen LogP contribution in [0.15, 0.2) is 47.1 Å². The smallest absolute Gasteiger partial charge is 0.287 e. The molecule has 2 fully saturated rings. The molecule has 29 heavy (non-hydrogen) atoms. The van der Waals surface area contributed by atoms with Gasteiger partial charge < -0.3 is 20.0 Å². The molecule has 2 atom stereocenters. The Balaban J connectivity index is 1.30. The Morgan fingerprint density at radius 2 is 1.83 bits per heavy atom. The molecule has 2 aliphatic rings. The van der Waals surface area contributed by atoms with E-state index in [-0.39, 0.29) is 23.7 Å². The number of hydrogen-bond acceptors (Lipinski definition) is 3. The molecule has 6 nitrogen and oxygen atoms in total. The fraction of sp³-hybridized carbons (Fsp3) is 0.455. The number of furan rings is 1. The molecule has 0 spiro atoms. The number of fused-ring (bicyclic) bond motifs is 2. The molecule has 0 saturated carbocycles. The molecule has 0 aliphatic carbocycles. The van der Waals surface area contributed by atoms with Crippen LogP contribution >= 0.6 is 0 Å². The number of quaternary nitrogens is 1. The highest BCUT2D eigenvalue weighted by atomic mass is 19.1. The lowest BCUT2D eigenvalue weighted by Gasteiger charge is -2.45. The van der Waals surface area contributed by atoms with Gasteiger partial charge in [0.2, 0.25) is 0 Å². The molecule has 0 unspecified atom stereocenters. The Morgan fingerprint density at radius 1 is 1.10 bits per heavy atom. The number of benzene rings is 1. The Morgan fingerprint density at radius 3 is 2.48 bits per heavy atom. The molecule has 2 aliphatic heterocycles. The Hall–Kier alpha value is -2.67. The molecule has 3 heterocycles. The summed E-state index contributed by atoms with van der Waals surface area (Å²) in [5.74, 6) is -0.0951. The van der Waals surface area contributed by atoms with Gasteiger partial charge in [0.15, 0.2) is 12.3 Å². The molecular weight excluding hydrogens is 373 g/mol. The highest BCUT2D eigenvalue weighted by Gasteiger charge is 2.43. The molecule has 2 saturated heterocycles. The van der Waals surface area contributed by atoms with Crippen molar-refractivity contribution >= 4 is 11.8 Å². The molecule has 3 N–H and O–H groups in total. The van der Waals surface area contributed by atoms with Gasteiger partial charge in [0.05, 0.1) is 18.3 Å². The highest BCUT2D eigenvalue weighted by molar-refractivity contribution is 5.91. The first-order chi connectivity index (χ1) is 14.1. The Kier molecular flexibility index (Phi) is 5.94. The van der Waals surface area contributed by atoms with Crippen LogP contribution in [0, 0.1) is 5.82 Å². The molecule has 154 valence electrons. The Bertz CT molecular complexity index is 823. The van der Waals surface area contributed by atoms with E-state index in [1.807, 2.05) is 0 Å². The van der Waals surface area contributed by atoms with Crippen molar-refractivity contribution in [2.75, 3.05) is 6.54 Å². The molecule has 2 bridgehead atoms. The van der Waals surface area contributed by atoms with Crippen LogP contribution in [-0.4, -0.2) is 36.5 Å². The van der Waals surface area contributed by atoms with Crippen LogP contribution in [-0.2, 0) is 11.3 Å². The maximum absolute atomic E-state index is 13.0. The summed E-state index contributed by atoms with van der Waals surface area (Å²) < 4.78 is 18.2. The molecule has 2 aromatic rings. The molecule has 1 aromatic heterocycles. The quantitative estimate of drug-likeness (QED) is 0.687. The van der Waals surface area contributed by atoms with Crippen molar-refractivity contribution in [1.29, 1.82) is 0 Å². The maximum Gasteiger partial charge on any atom is 0.287 e. The van der Waals surface area contributed by atoms with Crippen molar-refractivity contribution in [2.45, 2.75) is 56.8 Å². The average molecular weight is 400 g/mol. The second-order valence-electron chi connectivity index (χ2n) is 8.10. The minimum absolute atomic E-state index is 0.0132. The molecule has 7 heteroatoms. The third-order valence-electron chi connectivity index (χ3n) is 6.14. The Labute approximate surface area is 169 Å². The van der Waals surface area contributed by atoms with Gasteiger partial charge in [-0.2, -0.15) is 0 Å². The number of carbonyl (C=O) groups is 2. The minimum atomic E-state index is -0.278. The first-order valence-corrected chi connectivity index (χ1v) is 10.3. The van der Waals surface area contributed by atoms with Gasteiger partial charge >= 0.3 is 0 Å². The van der Waals surface area contributed by atoms with Crippen LogP contribution < -0.4 is 15.5 Å². The average Bonchev–Trinajstić information content (AvgIpc) is 3.23. The minimum Gasteiger partial charge on any atom is -0.459 e. The lowest BCUT2D eigenvalue weighted by molar-refractivity contribution is -0.953. The van der Waals surface area contributed by atoms with Gasteiger partial charge in [-0.15, -0.1) is 0 Å². The number of carbonyl (C=O) groups excluding carboxylic acids is 2.